The topological polar surface area (TPSA) is 88.1 Å². The van der Waals surface area contributed by atoms with Crippen LogP contribution < -0.4 is 10.5 Å². The molecular formula is C15H16N2O3. The Kier molecular flexibility index (Phi) is 4.57. The monoisotopic (exact) mass is 272 g/mol. The summed E-state index contributed by atoms with van der Waals surface area (Å²) in [5.41, 5.74) is 7.05. The predicted molar refractivity (Wildman–Crippen MR) is 76.3 cm³/mol. The van der Waals surface area contributed by atoms with Crippen LogP contribution in [0.4, 0.5) is 0 Å². The van der Waals surface area contributed by atoms with E-state index in [1.54, 1.807) is 24.3 Å². The minimum Gasteiger partial charge on any atom is -0.457 e. The summed E-state index contributed by atoms with van der Waals surface area (Å²) in [4.78, 5) is 0. The first-order valence-electron chi connectivity index (χ1n) is 6.19. The molecule has 0 saturated carbocycles. The van der Waals surface area contributed by atoms with Gasteiger partial charge in [0.05, 0.1) is 0 Å². The van der Waals surface area contributed by atoms with Gasteiger partial charge in [-0.15, -0.1) is 0 Å². The summed E-state index contributed by atoms with van der Waals surface area (Å²) in [6.45, 7) is 0.0722. The third-order valence-corrected chi connectivity index (χ3v) is 2.84. The first-order chi connectivity index (χ1) is 9.74. The van der Waals surface area contributed by atoms with E-state index in [1.807, 2.05) is 24.3 Å². The van der Waals surface area contributed by atoms with Crippen LogP contribution in [-0.2, 0) is 6.42 Å². The largest absolute Gasteiger partial charge is 0.457 e. The van der Waals surface area contributed by atoms with Crippen molar-refractivity contribution in [1.82, 2.24) is 0 Å². The SMILES string of the molecule is N/C(=N/O)c1ccc(Oc2ccccc2CCO)cc1. The number of aliphatic hydroxyl groups is 1. The molecule has 0 atom stereocenters. The summed E-state index contributed by atoms with van der Waals surface area (Å²) in [6.07, 6.45) is 0.540. The molecule has 4 N–H and O–H groups in total. The number of rotatable bonds is 5. The highest BCUT2D eigenvalue weighted by atomic mass is 16.5. The van der Waals surface area contributed by atoms with E-state index in [9.17, 15) is 0 Å². The van der Waals surface area contributed by atoms with Crippen molar-refractivity contribution in [1.29, 1.82) is 0 Å². The number of hydrogen-bond acceptors (Lipinski definition) is 4. The highest BCUT2D eigenvalue weighted by Gasteiger charge is 2.05. The van der Waals surface area contributed by atoms with E-state index in [2.05, 4.69) is 5.16 Å². The molecule has 0 heterocycles. The van der Waals surface area contributed by atoms with Crippen molar-refractivity contribution in [3.63, 3.8) is 0 Å². The Morgan fingerprint density at radius 3 is 2.45 bits per heavy atom. The van der Waals surface area contributed by atoms with E-state index in [0.717, 1.165) is 5.56 Å². The lowest BCUT2D eigenvalue weighted by Gasteiger charge is -2.10. The third-order valence-electron chi connectivity index (χ3n) is 2.84. The van der Waals surface area contributed by atoms with Crippen LogP contribution in [-0.4, -0.2) is 22.8 Å². The van der Waals surface area contributed by atoms with Crippen molar-refractivity contribution in [2.45, 2.75) is 6.42 Å². The molecule has 5 heteroatoms. The standard InChI is InChI=1S/C15H16N2O3/c16-15(17-19)12-5-7-13(8-6-12)20-14-4-2-1-3-11(14)9-10-18/h1-8,18-19H,9-10H2,(H2,16,17). The summed E-state index contributed by atoms with van der Waals surface area (Å²) in [5.74, 6) is 1.40. The van der Waals surface area contributed by atoms with E-state index in [4.69, 9.17) is 20.8 Å². The molecule has 0 radical (unpaired) electrons. The van der Waals surface area contributed by atoms with Gasteiger partial charge in [-0.1, -0.05) is 23.4 Å². The molecule has 0 spiro atoms. The van der Waals surface area contributed by atoms with Crippen LogP contribution in [0.25, 0.3) is 0 Å². The predicted octanol–water partition coefficient (Wildman–Crippen LogP) is 2.11. The second-order valence-corrected chi connectivity index (χ2v) is 4.19. The number of nitrogens with two attached hydrogens (primary N) is 1. The van der Waals surface area contributed by atoms with Crippen LogP contribution in [0.2, 0.25) is 0 Å². The molecule has 2 aromatic rings. The van der Waals surface area contributed by atoms with E-state index in [0.29, 0.717) is 23.5 Å². The van der Waals surface area contributed by atoms with Crippen LogP contribution in [0.15, 0.2) is 53.7 Å². The van der Waals surface area contributed by atoms with E-state index in [-0.39, 0.29) is 12.4 Å². The lowest BCUT2D eigenvalue weighted by molar-refractivity contribution is 0.298. The molecule has 2 aromatic carbocycles. The molecule has 0 amide bonds. The van der Waals surface area contributed by atoms with Crippen molar-refractivity contribution in [3.05, 3.63) is 59.7 Å². The third kappa shape index (κ3) is 3.27. The normalized spacial score (nSPS) is 11.3. The fraction of sp³-hybridized carbons (Fsp3) is 0.133. The molecule has 104 valence electrons. The minimum atomic E-state index is 0.0530. The average molecular weight is 272 g/mol. The Balaban J connectivity index is 2.18. The molecule has 0 aliphatic heterocycles. The Morgan fingerprint density at radius 2 is 1.80 bits per heavy atom. The maximum Gasteiger partial charge on any atom is 0.170 e. The number of benzene rings is 2. The summed E-state index contributed by atoms with van der Waals surface area (Å²) in [7, 11) is 0. The Bertz CT molecular complexity index is 594. The smallest absolute Gasteiger partial charge is 0.170 e. The van der Waals surface area contributed by atoms with Gasteiger partial charge in [0.1, 0.15) is 11.5 Å². The second kappa shape index (κ2) is 6.58. The molecule has 2 rings (SSSR count). The van der Waals surface area contributed by atoms with Crippen molar-refractivity contribution in [3.8, 4) is 11.5 Å². The first kappa shape index (κ1) is 13.9. The molecule has 0 saturated heterocycles. The number of para-hydroxylation sites is 1. The summed E-state index contributed by atoms with van der Waals surface area (Å²) in [5, 5.41) is 20.6. The zero-order valence-electron chi connectivity index (χ0n) is 10.9. The van der Waals surface area contributed by atoms with Crippen molar-refractivity contribution < 1.29 is 15.1 Å². The van der Waals surface area contributed by atoms with Crippen LogP contribution in [0, 0.1) is 0 Å². The number of ether oxygens (including phenoxy) is 1. The van der Waals surface area contributed by atoms with Gasteiger partial charge in [0.15, 0.2) is 5.84 Å². The van der Waals surface area contributed by atoms with Crippen LogP contribution >= 0.6 is 0 Å². The molecule has 0 unspecified atom stereocenters. The Hall–Kier alpha value is -2.53. The van der Waals surface area contributed by atoms with Gasteiger partial charge in [-0.25, -0.2) is 0 Å². The van der Waals surface area contributed by atoms with Gasteiger partial charge in [0.2, 0.25) is 0 Å². The van der Waals surface area contributed by atoms with Crippen molar-refractivity contribution in [2.75, 3.05) is 6.61 Å². The molecular weight excluding hydrogens is 256 g/mol. The quantitative estimate of drug-likeness (QED) is 0.336. The number of nitrogens with zero attached hydrogens (tertiary/aromatic N) is 1. The number of aliphatic hydroxyl groups excluding tert-OH is 1. The maximum atomic E-state index is 9.03. The highest BCUT2D eigenvalue weighted by Crippen LogP contribution is 2.25. The molecule has 0 aliphatic rings. The molecule has 0 fully saturated rings. The second-order valence-electron chi connectivity index (χ2n) is 4.19. The first-order valence-corrected chi connectivity index (χ1v) is 6.19. The Labute approximate surface area is 116 Å². The Morgan fingerprint density at radius 1 is 1.10 bits per heavy atom. The van der Waals surface area contributed by atoms with Gasteiger partial charge in [0, 0.05) is 12.2 Å². The zero-order valence-corrected chi connectivity index (χ0v) is 10.9. The van der Waals surface area contributed by atoms with E-state index in [1.165, 1.54) is 0 Å². The van der Waals surface area contributed by atoms with Crippen LogP contribution in [0.5, 0.6) is 11.5 Å². The highest BCUT2D eigenvalue weighted by molar-refractivity contribution is 5.97. The average Bonchev–Trinajstić information content (AvgIpc) is 2.49. The maximum absolute atomic E-state index is 9.03. The molecule has 20 heavy (non-hydrogen) atoms. The van der Waals surface area contributed by atoms with Gasteiger partial charge in [-0.05, 0) is 42.3 Å². The lowest BCUT2D eigenvalue weighted by Crippen LogP contribution is -2.12. The van der Waals surface area contributed by atoms with Gasteiger partial charge in [-0.3, -0.25) is 0 Å². The fourth-order valence-electron chi connectivity index (χ4n) is 1.81. The summed E-state index contributed by atoms with van der Waals surface area (Å²) in [6, 6.07) is 14.4. The number of hydrogen-bond donors (Lipinski definition) is 3. The van der Waals surface area contributed by atoms with Crippen LogP contribution in [0.1, 0.15) is 11.1 Å². The van der Waals surface area contributed by atoms with Crippen LogP contribution in [0.3, 0.4) is 0 Å². The van der Waals surface area contributed by atoms with Gasteiger partial charge < -0.3 is 20.8 Å². The molecule has 0 aromatic heterocycles. The minimum absolute atomic E-state index is 0.0530. The van der Waals surface area contributed by atoms with E-state index < -0.39 is 0 Å². The summed E-state index contributed by atoms with van der Waals surface area (Å²) >= 11 is 0. The van der Waals surface area contributed by atoms with Gasteiger partial charge >= 0.3 is 0 Å². The zero-order chi connectivity index (χ0) is 14.4. The van der Waals surface area contributed by atoms with E-state index >= 15 is 0 Å². The number of amidine groups is 1. The lowest BCUT2D eigenvalue weighted by atomic mass is 10.1. The fourth-order valence-corrected chi connectivity index (χ4v) is 1.81. The van der Waals surface area contributed by atoms with Crippen molar-refractivity contribution in [2.24, 2.45) is 10.9 Å². The summed E-state index contributed by atoms with van der Waals surface area (Å²) < 4.78 is 5.78. The molecule has 5 nitrogen and oxygen atoms in total. The molecule has 0 aliphatic carbocycles. The van der Waals surface area contributed by atoms with Gasteiger partial charge in [-0.2, -0.15) is 0 Å². The molecule has 0 bridgehead atoms. The van der Waals surface area contributed by atoms with Gasteiger partial charge in [0.25, 0.3) is 0 Å². The van der Waals surface area contributed by atoms with Crippen molar-refractivity contribution >= 4 is 5.84 Å². The number of oxime groups is 1.